The summed E-state index contributed by atoms with van der Waals surface area (Å²) >= 11 is 4.89. The highest BCUT2D eigenvalue weighted by atomic mass is 79.9. The van der Waals surface area contributed by atoms with Gasteiger partial charge in [0.15, 0.2) is 0 Å². The van der Waals surface area contributed by atoms with Crippen molar-refractivity contribution in [1.82, 2.24) is 0 Å². The number of halogens is 1. The maximum Gasteiger partial charge on any atom is 0.251 e. The quantitative estimate of drug-likeness (QED) is 0.600. The van der Waals surface area contributed by atoms with E-state index in [9.17, 15) is 9.59 Å². The number of thiophene rings is 1. The molecule has 4 nitrogen and oxygen atoms in total. The lowest BCUT2D eigenvalue weighted by Crippen LogP contribution is -2.19. The predicted octanol–water partition coefficient (Wildman–Crippen LogP) is 5.17. The van der Waals surface area contributed by atoms with E-state index in [1.165, 1.54) is 35.1 Å². The second kappa shape index (κ2) is 8.85. The summed E-state index contributed by atoms with van der Waals surface area (Å²) in [5, 5.41) is 3.44. The molecule has 2 aromatic rings. The molecule has 0 saturated carbocycles. The number of nitrogens with one attached hydrogen (secondary N) is 1. The fraction of sp³-hybridized carbons (Fsp3) is 0.333. The molecule has 2 amide bonds. The summed E-state index contributed by atoms with van der Waals surface area (Å²) < 4.78 is 0.987. The van der Waals surface area contributed by atoms with Crippen LogP contribution in [-0.4, -0.2) is 11.8 Å². The molecule has 1 unspecified atom stereocenters. The third-order valence-corrected chi connectivity index (χ3v) is 6.54. The minimum Gasteiger partial charge on any atom is -0.365 e. The lowest BCUT2D eigenvalue weighted by molar-refractivity contribution is -0.111. The summed E-state index contributed by atoms with van der Waals surface area (Å²) in [7, 11) is 0. The van der Waals surface area contributed by atoms with Crippen molar-refractivity contribution in [3.63, 3.8) is 0 Å². The molecule has 0 bridgehead atoms. The molecule has 0 fully saturated rings. The zero-order chi connectivity index (χ0) is 19.4. The normalized spacial score (nSPS) is 16.3. The zero-order valence-corrected chi connectivity index (χ0v) is 17.7. The molecule has 1 aromatic carbocycles. The minimum absolute atomic E-state index is 0.260. The molecule has 1 heterocycles. The molecule has 1 aliphatic carbocycles. The molecule has 0 aliphatic heterocycles. The van der Waals surface area contributed by atoms with E-state index in [4.69, 9.17) is 5.73 Å². The topological polar surface area (TPSA) is 72.2 Å². The lowest BCUT2D eigenvalue weighted by Gasteiger charge is -2.21. The van der Waals surface area contributed by atoms with Crippen molar-refractivity contribution in [1.29, 1.82) is 0 Å². The molecule has 3 rings (SSSR count). The van der Waals surface area contributed by atoms with Gasteiger partial charge in [-0.2, -0.15) is 0 Å². The van der Waals surface area contributed by atoms with Crippen molar-refractivity contribution in [3.8, 4) is 0 Å². The zero-order valence-electron chi connectivity index (χ0n) is 15.3. The van der Waals surface area contributed by atoms with E-state index in [1.54, 1.807) is 6.08 Å². The number of nitrogens with two attached hydrogens (primary N) is 1. The van der Waals surface area contributed by atoms with Crippen LogP contribution in [0.3, 0.4) is 0 Å². The molecule has 1 aromatic heterocycles. The molecule has 6 heteroatoms. The summed E-state index contributed by atoms with van der Waals surface area (Å²) in [6.45, 7) is 2.20. The SMILES string of the molecule is CCCC1CCc2c(sc(NC(=O)C=Cc3ccc(Br)cc3)c2C(N)=O)C1. The van der Waals surface area contributed by atoms with E-state index >= 15 is 0 Å². The van der Waals surface area contributed by atoms with Crippen LogP contribution < -0.4 is 11.1 Å². The first-order chi connectivity index (χ1) is 13.0. The van der Waals surface area contributed by atoms with Crippen LogP contribution in [-0.2, 0) is 17.6 Å². The highest BCUT2D eigenvalue weighted by Crippen LogP contribution is 2.40. The van der Waals surface area contributed by atoms with Crippen LogP contribution in [0.4, 0.5) is 5.00 Å². The van der Waals surface area contributed by atoms with Crippen LogP contribution in [0.2, 0.25) is 0 Å². The first-order valence-electron chi connectivity index (χ1n) is 9.17. The Hall–Kier alpha value is -1.92. The Labute approximate surface area is 172 Å². The van der Waals surface area contributed by atoms with Crippen molar-refractivity contribution in [2.45, 2.75) is 39.0 Å². The Bertz CT molecular complexity index is 871. The lowest BCUT2D eigenvalue weighted by atomic mass is 9.84. The standard InChI is InChI=1S/C21H23BrN2O2S/c1-2-3-14-6-10-16-17(12-14)27-21(19(16)20(23)26)24-18(25)11-7-13-4-8-15(22)9-5-13/h4-5,7-9,11,14H,2-3,6,10,12H2,1H3,(H2,23,26)(H,24,25). The van der Waals surface area contributed by atoms with E-state index in [0.29, 0.717) is 16.5 Å². The van der Waals surface area contributed by atoms with E-state index in [1.807, 2.05) is 24.3 Å². The van der Waals surface area contributed by atoms with Crippen LogP contribution in [0.25, 0.3) is 6.08 Å². The summed E-state index contributed by atoms with van der Waals surface area (Å²) in [4.78, 5) is 25.6. The fourth-order valence-electron chi connectivity index (χ4n) is 3.56. The van der Waals surface area contributed by atoms with Crippen LogP contribution in [0.15, 0.2) is 34.8 Å². The number of primary amides is 1. The average molecular weight is 447 g/mol. The summed E-state index contributed by atoms with van der Waals surface area (Å²) in [5.41, 5.74) is 8.08. The molecule has 3 N–H and O–H groups in total. The molecule has 0 radical (unpaired) electrons. The first kappa shape index (κ1) is 19.8. The molecular weight excluding hydrogens is 424 g/mol. The number of hydrogen-bond donors (Lipinski definition) is 2. The molecular formula is C21H23BrN2O2S. The van der Waals surface area contributed by atoms with Crippen molar-refractivity contribution in [2.24, 2.45) is 11.7 Å². The highest BCUT2D eigenvalue weighted by Gasteiger charge is 2.28. The maximum absolute atomic E-state index is 12.4. The van der Waals surface area contributed by atoms with Crippen molar-refractivity contribution in [3.05, 3.63) is 56.4 Å². The molecule has 27 heavy (non-hydrogen) atoms. The Kier molecular flexibility index (Phi) is 6.50. The Morgan fingerprint density at radius 2 is 2.07 bits per heavy atom. The number of carbonyl (C=O) groups is 2. The smallest absolute Gasteiger partial charge is 0.251 e. The van der Waals surface area contributed by atoms with Crippen molar-refractivity contribution >= 4 is 50.2 Å². The summed E-state index contributed by atoms with van der Waals surface area (Å²) in [6, 6.07) is 7.67. The van der Waals surface area contributed by atoms with Gasteiger partial charge in [0.05, 0.1) is 5.56 Å². The monoisotopic (exact) mass is 446 g/mol. The second-order valence-electron chi connectivity index (χ2n) is 6.84. The Morgan fingerprint density at radius 3 is 2.74 bits per heavy atom. The van der Waals surface area contributed by atoms with Gasteiger partial charge in [-0.15, -0.1) is 11.3 Å². The van der Waals surface area contributed by atoms with Crippen LogP contribution in [0.5, 0.6) is 0 Å². The number of anilines is 1. The molecule has 0 saturated heterocycles. The Morgan fingerprint density at radius 1 is 1.33 bits per heavy atom. The van der Waals surface area contributed by atoms with Crippen LogP contribution in [0.1, 0.15) is 52.5 Å². The number of rotatable bonds is 6. The summed E-state index contributed by atoms with van der Waals surface area (Å²) in [6.07, 6.45) is 8.50. The Balaban J connectivity index is 1.77. The van der Waals surface area contributed by atoms with Gasteiger partial charge >= 0.3 is 0 Å². The van der Waals surface area contributed by atoms with Gasteiger partial charge in [-0.3, -0.25) is 9.59 Å². The van der Waals surface area contributed by atoms with E-state index < -0.39 is 5.91 Å². The van der Waals surface area contributed by atoms with Gasteiger partial charge in [0.25, 0.3) is 5.91 Å². The van der Waals surface area contributed by atoms with Gasteiger partial charge in [-0.25, -0.2) is 0 Å². The molecule has 1 atom stereocenters. The van der Waals surface area contributed by atoms with Gasteiger partial charge in [0.1, 0.15) is 5.00 Å². The number of amides is 2. The molecule has 0 spiro atoms. The first-order valence-corrected chi connectivity index (χ1v) is 10.8. The molecule has 142 valence electrons. The second-order valence-corrected chi connectivity index (χ2v) is 8.86. The van der Waals surface area contributed by atoms with Crippen molar-refractivity contribution < 1.29 is 9.59 Å². The number of fused-ring (bicyclic) bond motifs is 1. The fourth-order valence-corrected chi connectivity index (χ4v) is 5.19. The average Bonchev–Trinajstić information content (AvgIpc) is 2.98. The van der Waals surface area contributed by atoms with E-state index in [0.717, 1.165) is 34.9 Å². The minimum atomic E-state index is -0.464. The largest absolute Gasteiger partial charge is 0.365 e. The van der Waals surface area contributed by atoms with E-state index in [2.05, 4.69) is 28.2 Å². The number of hydrogen-bond acceptors (Lipinski definition) is 3. The van der Waals surface area contributed by atoms with E-state index in [-0.39, 0.29) is 5.91 Å². The van der Waals surface area contributed by atoms with Gasteiger partial charge in [0, 0.05) is 15.4 Å². The maximum atomic E-state index is 12.4. The highest BCUT2D eigenvalue weighted by molar-refractivity contribution is 9.10. The van der Waals surface area contributed by atoms with Gasteiger partial charge < -0.3 is 11.1 Å². The van der Waals surface area contributed by atoms with Gasteiger partial charge in [-0.05, 0) is 54.5 Å². The molecule has 1 aliphatic rings. The number of benzene rings is 1. The van der Waals surface area contributed by atoms with Crippen LogP contribution >= 0.6 is 27.3 Å². The van der Waals surface area contributed by atoms with Crippen molar-refractivity contribution in [2.75, 3.05) is 5.32 Å². The number of carbonyl (C=O) groups excluding carboxylic acids is 2. The van der Waals surface area contributed by atoms with Gasteiger partial charge in [-0.1, -0.05) is 47.8 Å². The van der Waals surface area contributed by atoms with Crippen LogP contribution in [0, 0.1) is 5.92 Å². The predicted molar refractivity (Wildman–Crippen MR) is 115 cm³/mol. The third kappa shape index (κ3) is 4.87. The van der Waals surface area contributed by atoms with Gasteiger partial charge in [0.2, 0.25) is 5.91 Å². The third-order valence-electron chi connectivity index (χ3n) is 4.84. The summed E-state index contributed by atoms with van der Waals surface area (Å²) in [5.74, 6) is -0.0690.